The molecule has 0 atom stereocenters. The van der Waals surface area contributed by atoms with Gasteiger partial charge in [-0.15, -0.1) is 0 Å². The van der Waals surface area contributed by atoms with Crippen LogP contribution in [0, 0.1) is 0 Å². The Labute approximate surface area is 225 Å². The molecule has 0 amide bonds. The van der Waals surface area contributed by atoms with Crippen molar-refractivity contribution < 1.29 is 15.4 Å². The standard InChI is InChI=1S/C36H22O/c1-2-12-25-23(10-1)11-9-18-28(25)36-31-16-5-3-14-29(31)35(30-15-4-6-17-32(30)36)24-20-21-27-26-13-7-8-19-33(26)37-34(27)22-24/h1-22H/i3D,4D,5D,6D,14D,15D,16D,17D. The van der Waals surface area contributed by atoms with Gasteiger partial charge in [-0.3, -0.25) is 0 Å². The Kier molecular flexibility index (Phi) is 2.96. The Morgan fingerprint density at radius 2 is 1.05 bits per heavy atom. The van der Waals surface area contributed by atoms with E-state index in [-0.39, 0.29) is 45.7 Å². The Balaban J connectivity index is 1.68. The normalized spacial score (nSPS) is 14.8. The van der Waals surface area contributed by atoms with Crippen molar-refractivity contribution >= 4 is 54.3 Å². The van der Waals surface area contributed by atoms with Gasteiger partial charge in [-0.1, -0.05) is 115 Å². The van der Waals surface area contributed by atoms with Crippen molar-refractivity contribution in [2.45, 2.75) is 0 Å². The van der Waals surface area contributed by atoms with E-state index in [1.165, 1.54) is 0 Å². The summed E-state index contributed by atoms with van der Waals surface area (Å²) in [6.07, 6.45) is 0. The van der Waals surface area contributed by atoms with Crippen molar-refractivity contribution in [3.8, 4) is 22.3 Å². The molecule has 0 unspecified atom stereocenters. The van der Waals surface area contributed by atoms with Crippen LogP contribution >= 0.6 is 0 Å². The van der Waals surface area contributed by atoms with Gasteiger partial charge in [0.05, 0.1) is 11.0 Å². The summed E-state index contributed by atoms with van der Waals surface area (Å²) in [4.78, 5) is 0. The minimum Gasteiger partial charge on any atom is -0.456 e. The monoisotopic (exact) mass is 478 g/mol. The van der Waals surface area contributed by atoms with Crippen LogP contribution in [0.4, 0.5) is 0 Å². The van der Waals surface area contributed by atoms with E-state index < -0.39 is 24.2 Å². The van der Waals surface area contributed by atoms with Crippen molar-refractivity contribution in [2.24, 2.45) is 0 Å². The third-order valence-electron chi connectivity index (χ3n) is 7.10. The molecule has 0 saturated carbocycles. The first kappa shape index (κ1) is 14.0. The van der Waals surface area contributed by atoms with Gasteiger partial charge >= 0.3 is 0 Å². The highest BCUT2D eigenvalue weighted by Gasteiger charge is 2.18. The lowest BCUT2D eigenvalue weighted by atomic mass is 9.84. The van der Waals surface area contributed by atoms with Gasteiger partial charge in [0.2, 0.25) is 0 Å². The summed E-state index contributed by atoms with van der Waals surface area (Å²) in [6, 6.07) is 23.5. The van der Waals surface area contributed by atoms with Crippen molar-refractivity contribution in [1.82, 2.24) is 0 Å². The van der Waals surface area contributed by atoms with Crippen LogP contribution in [-0.4, -0.2) is 0 Å². The average molecular weight is 479 g/mol. The number of furan rings is 1. The smallest absolute Gasteiger partial charge is 0.136 e. The topological polar surface area (TPSA) is 13.1 Å². The number of benzene rings is 7. The van der Waals surface area contributed by atoms with Gasteiger partial charge in [-0.25, -0.2) is 0 Å². The molecule has 8 aromatic rings. The van der Waals surface area contributed by atoms with E-state index in [2.05, 4.69) is 0 Å². The van der Waals surface area contributed by atoms with Crippen LogP contribution < -0.4 is 0 Å². The second-order valence-electron chi connectivity index (χ2n) is 9.09. The molecule has 0 fully saturated rings. The number of fused-ring (bicyclic) bond motifs is 6. The molecule has 0 aliphatic heterocycles. The van der Waals surface area contributed by atoms with Crippen LogP contribution in [0.2, 0.25) is 0 Å². The second-order valence-corrected chi connectivity index (χ2v) is 9.09. The van der Waals surface area contributed by atoms with Crippen LogP contribution in [0.5, 0.6) is 0 Å². The van der Waals surface area contributed by atoms with Crippen molar-refractivity contribution in [1.29, 1.82) is 0 Å². The van der Waals surface area contributed by atoms with Gasteiger partial charge in [-0.05, 0) is 72.8 Å². The van der Waals surface area contributed by atoms with Gasteiger partial charge in [0.1, 0.15) is 11.2 Å². The van der Waals surface area contributed by atoms with Crippen molar-refractivity contribution in [3.63, 3.8) is 0 Å². The SMILES string of the molecule is [2H]c1c([2H])c([2H])c2c(-c3cccc4ccccc34)c3c([2H])c([2H])c([2H])c([2H])c3c(-c3ccc4c(c3)oc3ccccc34)c2c1[2H]. The maximum Gasteiger partial charge on any atom is 0.136 e. The van der Waals surface area contributed by atoms with E-state index in [9.17, 15) is 5.48 Å². The molecule has 0 bridgehead atoms. The quantitative estimate of drug-likeness (QED) is 0.225. The van der Waals surface area contributed by atoms with Crippen LogP contribution in [0.3, 0.4) is 0 Å². The van der Waals surface area contributed by atoms with Gasteiger partial charge in [0.15, 0.2) is 0 Å². The van der Waals surface area contributed by atoms with E-state index >= 15 is 0 Å². The predicted molar refractivity (Wildman–Crippen MR) is 157 cm³/mol. The van der Waals surface area contributed by atoms with Gasteiger partial charge < -0.3 is 4.42 Å². The second kappa shape index (κ2) is 7.81. The van der Waals surface area contributed by atoms with E-state index in [4.69, 9.17) is 9.90 Å². The summed E-state index contributed by atoms with van der Waals surface area (Å²) in [5.41, 5.74) is 2.99. The van der Waals surface area contributed by atoms with Gasteiger partial charge in [0.25, 0.3) is 0 Å². The lowest BCUT2D eigenvalue weighted by Gasteiger charge is -2.18. The highest BCUT2D eigenvalue weighted by atomic mass is 16.3. The molecule has 0 radical (unpaired) electrons. The molecule has 1 heteroatoms. The molecule has 0 saturated heterocycles. The van der Waals surface area contributed by atoms with Crippen molar-refractivity contribution in [2.75, 3.05) is 0 Å². The molecule has 1 aromatic heterocycles. The molecular formula is C36H22O. The number of rotatable bonds is 2. The summed E-state index contributed by atoms with van der Waals surface area (Å²) < 4.78 is 77.5. The average Bonchev–Trinajstić information content (AvgIpc) is 3.44. The molecule has 8 rings (SSSR count). The van der Waals surface area contributed by atoms with Gasteiger partial charge in [-0.2, -0.15) is 0 Å². The number of para-hydroxylation sites is 1. The Hall–Kier alpha value is -4.88. The first-order valence-electron chi connectivity index (χ1n) is 16.0. The fourth-order valence-electron chi connectivity index (χ4n) is 5.51. The predicted octanol–water partition coefficient (Wildman–Crippen LogP) is 10.4. The van der Waals surface area contributed by atoms with Crippen molar-refractivity contribution in [3.05, 3.63) is 133 Å². The minimum absolute atomic E-state index is 0.178. The summed E-state index contributed by atoms with van der Waals surface area (Å²) in [6.45, 7) is 0. The summed E-state index contributed by atoms with van der Waals surface area (Å²) in [5.74, 6) is 0. The highest BCUT2D eigenvalue weighted by Crippen LogP contribution is 2.45. The first-order chi connectivity index (χ1) is 21.7. The van der Waals surface area contributed by atoms with Gasteiger partial charge in [0, 0.05) is 10.8 Å². The molecule has 0 aliphatic rings. The minimum atomic E-state index is -0.428. The number of hydrogen-bond acceptors (Lipinski definition) is 1. The zero-order valence-electron chi connectivity index (χ0n) is 27.5. The van der Waals surface area contributed by atoms with Crippen LogP contribution in [-0.2, 0) is 0 Å². The Bertz CT molecular complexity index is 2500. The Morgan fingerprint density at radius 1 is 0.459 bits per heavy atom. The molecule has 0 N–H and O–H groups in total. The van der Waals surface area contributed by atoms with E-state index in [1.54, 1.807) is 6.07 Å². The van der Waals surface area contributed by atoms with Crippen LogP contribution in [0.15, 0.2) is 138 Å². The molecule has 7 aromatic carbocycles. The molecule has 1 heterocycles. The molecule has 37 heavy (non-hydrogen) atoms. The molecule has 0 spiro atoms. The molecule has 172 valence electrons. The zero-order valence-corrected chi connectivity index (χ0v) is 19.5. The lowest BCUT2D eigenvalue weighted by molar-refractivity contribution is 0.669. The van der Waals surface area contributed by atoms with Crippen LogP contribution in [0.25, 0.3) is 76.5 Å². The van der Waals surface area contributed by atoms with E-state index in [0.29, 0.717) is 33.4 Å². The van der Waals surface area contributed by atoms with Crippen LogP contribution in [0.1, 0.15) is 11.0 Å². The summed E-state index contributed by atoms with van der Waals surface area (Å²) in [7, 11) is 0. The molecular weight excluding hydrogens is 448 g/mol. The largest absolute Gasteiger partial charge is 0.456 e. The fourth-order valence-corrected chi connectivity index (χ4v) is 5.51. The first-order valence-corrected chi connectivity index (χ1v) is 12.0. The summed E-state index contributed by atoms with van der Waals surface area (Å²) in [5, 5.41) is 4.19. The number of hydrogen-bond donors (Lipinski definition) is 0. The highest BCUT2D eigenvalue weighted by molar-refractivity contribution is 6.24. The summed E-state index contributed by atoms with van der Waals surface area (Å²) >= 11 is 0. The maximum absolute atomic E-state index is 9.18. The Morgan fingerprint density at radius 3 is 1.81 bits per heavy atom. The third kappa shape index (κ3) is 2.98. The lowest BCUT2D eigenvalue weighted by Crippen LogP contribution is -1.91. The fraction of sp³-hybridized carbons (Fsp3) is 0. The van der Waals surface area contributed by atoms with E-state index in [0.717, 1.165) is 21.5 Å². The van der Waals surface area contributed by atoms with E-state index in [1.807, 2.05) is 78.9 Å². The third-order valence-corrected chi connectivity index (χ3v) is 7.10. The zero-order chi connectivity index (χ0) is 31.3. The maximum atomic E-state index is 9.18. The molecule has 1 nitrogen and oxygen atoms in total. The molecule has 0 aliphatic carbocycles.